The van der Waals surface area contributed by atoms with Gasteiger partial charge in [0.05, 0.1) is 27.4 Å². The molecule has 0 saturated heterocycles. The van der Waals surface area contributed by atoms with Gasteiger partial charge in [-0.3, -0.25) is 0 Å². The third kappa shape index (κ3) is 2.68. The minimum Gasteiger partial charge on any atom is -0.496 e. The molecule has 1 aliphatic heterocycles. The van der Waals surface area contributed by atoms with E-state index in [9.17, 15) is 0 Å². The number of hydrogen-bond acceptors (Lipinski definition) is 4. The number of benzene rings is 2. The first-order valence-electron chi connectivity index (χ1n) is 8.49. The smallest absolute Gasteiger partial charge is 0.164 e. The highest BCUT2D eigenvalue weighted by Crippen LogP contribution is 2.42. The molecule has 0 saturated carbocycles. The standard InChI is InChI=1S/C20H21ClN2O3/c1-24-16-10-18(26-3)17(25-2)9-14(16)19-20-12(6-7-22-19)13-8-11(21)4-5-15(13)23-20/h4-5,8-10,19,22-23H,6-7H2,1-3H3. The number of aromatic nitrogens is 1. The lowest BCUT2D eigenvalue weighted by Gasteiger charge is -2.27. The Labute approximate surface area is 157 Å². The Kier molecular flexibility index (Phi) is 4.42. The third-order valence-electron chi connectivity index (χ3n) is 4.96. The van der Waals surface area contributed by atoms with Gasteiger partial charge in [0, 0.05) is 39.8 Å². The van der Waals surface area contributed by atoms with E-state index in [0.717, 1.165) is 40.5 Å². The van der Waals surface area contributed by atoms with Gasteiger partial charge in [-0.15, -0.1) is 0 Å². The van der Waals surface area contributed by atoms with Gasteiger partial charge in [0.15, 0.2) is 11.5 Å². The molecule has 1 aromatic heterocycles. The minimum absolute atomic E-state index is 0.0281. The molecular weight excluding hydrogens is 352 g/mol. The molecule has 136 valence electrons. The lowest BCUT2D eigenvalue weighted by atomic mass is 9.93. The van der Waals surface area contributed by atoms with Crippen LogP contribution in [0.2, 0.25) is 5.02 Å². The Morgan fingerprint density at radius 3 is 2.42 bits per heavy atom. The highest BCUT2D eigenvalue weighted by molar-refractivity contribution is 6.31. The fourth-order valence-corrected chi connectivity index (χ4v) is 3.92. The second-order valence-electron chi connectivity index (χ2n) is 6.29. The lowest BCUT2D eigenvalue weighted by molar-refractivity contribution is 0.345. The highest BCUT2D eigenvalue weighted by Gasteiger charge is 2.28. The van der Waals surface area contributed by atoms with Crippen molar-refractivity contribution in [2.24, 2.45) is 0 Å². The Morgan fingerprint density at radius 2 is 1.69 bits per heavy atom. The zero-order valence-corrected chi connectivity index (χ0v) is 15.7. The SMILES string of the molecule is COc1cc(OC)c(C2NCCc3c2[nH]c2ccc(Cl)cc32)cc1OC. The molecule has 3 aromatic rings. The summed E-state index contributed by atoms with van der Waals surface area (Å²) in [4.78, 5) is 3.56. The fraction of sp³-hybridized carbons (Fsp3) is 0.300. The average Bonchev–Trinajstić information content (AvgIpc) is 3.04. The Morgan fingerprint density at radius 1 is 0.962 bits per heavy atom. The van der Waals surface area contributed by atoms with Crippen LogP contribution in [0.1, 0.15) is 22.9 Å². The summed E-state index contributed by atoms with van der Waals surface area (Å²) in [6, 6.07) is 9.77. The second kappa shape index (κ2) is 6.74. The largest absolute Gasteiger partial charge is 0.496 e. The molecule has 1 unspecified atom stereocenters. The molecule has 0 fully saturated rings. The first kappa shape index (κ1) is 17.1. The van der Waals surface area contributed by atoms with Crippen LogP contribution < -0.4 is 19.5 Å². The van der Waals surface area contributed by atoms with Gasteiger partial charge < -0.3 is 24.5 Å². The number of nitrogens with one attached hydrogen (secondary N) is 2. The highest BCUT2D eigenvalue weighted by atomic mass is 35.5. The van der Waals surface area contributed by atoms with Crippen LogP contribution in [0.3, 0.4) is 0 Å². The fourth-order valence-electron chi connectivity index (χ4n) is 3.74. The Bertz CT molecular complexity index is 967. The summed E-state index contributed by atoms with van der Waals surface area (Å²) in [5.74, 6) is 2.08. The maximum Gasteiger partial charge on any atom is 0.164 e. The third-order valence-corrected chi connectivity index (χ3v) is 5.20. The Hall–Kier alpha value is -2.37. The van der Waals surface area contributed by atoms with Crippen molar-refractivity contribution in [2.75, 3.05) is 27.9 Å². The van der Waals surface area contributed by atoms with Crippen LogP contribution in [-0.4, -0.2) is 32.9 Å². The van der Waals surface area contributed by atoms with Crippen molar-refractivity contribution < 1.29 is 14.2 Å². The lowest BCUT2D eigenvalue weighted by Crippen LogP contribution is -2.30. The molecule has 0 bridgehead atoms. The van der Waals surface area contributed by atoms with Gasteiger partial charge in [-0.25, -0.2) is 0 Å². The van der Waals surface area contributed by atoms with Crippen molar-refractivity contribution in [3.8, 4) is 17.2 Å². The number of halogens is 1. The van der Waals surface area contributed by atoms with Crippen LogP contribution in [0.25, 0.3) is 10.9 Å². The number of fused-ring (bicyclic) bond motifs is 3. The van der Waals surface area contributed by atoms with Crippen LogP contribution in [0.4, 0.5) is 0 Å². The van der Waals surface area contributed by atoms with E-state index in [0.29, 0.717) is 11.5 Å². The van der Waals surface area contributed by atoms with Crippen LogP contribution >= 0.6 is 11.6 Å². The number of ether oxygens (including phenoxy) is 3. The monoisotopic (exact) mass is 372 g/mol. The quantitative estimate of drug-likeness (QED) is 0.724. The zero-order chi connectivity index (χ0) is 18.3. The number of hydrogen-bond donors (Lipinski definition) is 2. The molecule has 0 spiro atoms. The minimum atomic E-state index is -0.0281. The molecule has 2 heterocycles. The molecule has 2 N–H and O–H groups in total. The van der Waals surface area contributed by atoms with Gasteiger partial charge in [0.25, 0.3) is 0 Å². The summed E-state index contributed by atoms with van der Waals surface area (Å²) in [5.41, 5.74) is 4.53. The van der Waals surface area contributed by atoms with E-state index in [2.05, 4.69) is 10.3 Å². The predicted octanol–water partition coefficient (Wildman–Crippen LogP) is 4.08. The van der Waals surface area contributed by atoms with Gasteiger partial charge in [-0.2, -0.15) is 0 Å². The molecule has 4 rings (SSSR count). The van der Waals surface area contributed by atoms with Crippen molar-refractivity contribution in [3.63, 3.8) is 0 Å². The molecule has 1 aliphatic rings. The maximum atomic E-state index is 6.21. The molecule has 5 nitrogen and oxygen atoms in total. The predicted molar refractivity (Wildman–Crippen MR) is 103 cm³/mol. The van der Waals surface area contributed by atoms with Gasteiger partial charge in [0.1, 0.15) is 5.75 Å². The Balaban J connectivity index is 1.89. The summed E-state index contributed by atoms with van der Waals surface area (Å²) >= 11 is 6.21. The number of aromatic amines is 1. The van der Waals surface area contributed by atoms with E-state index >= 15 is 0 Å². The van der Waals surface area contributed by atoms with Crippen molar-refractivity contribution in [1.29, 1.82) is 0 Å². The van der Waals surface area contributed by atoms with E-state index in [1.54, 1.807) is 21.3 Å². The van der Waals surface area contributed by atoms with Crippen molar-refractivity contribution in [2.45, 2.75) is 12.5 Å². The zero-order valence-electron chi connectivity index (χ0n) is 15.0. The molecular formula is C20H21ClN2O3. The van der Waals surface area contributed by atoms with Crippen molar-refractivity contribution >= 4 is 22.5 Å². The van der Waals surface area contributed by atoms with Gasteiger partial charge in [0.2, 0.25) is 0 Å². The first-order valence-corrected chi connectivity index (χ1v) is 8.87. The number of methoxy groups -OCH3 is 3. The normalized spacial score (nSPS) is 16.4. The summed E-state index contributed by atoms with van der Waals surface area (Å²) < 4.78 is 16.5. The number of H-pyrrole nitrogens is 1. The molecule has 0 amide bonds. The van der Waals surface area contributed by atoms with Crippen LogP contribution in [-0.2, 0) is 6.42 Å². The van der Waals surface area contributed by atoms with E-state index < -0.39 is 0 Å². The van der Waals surface area contributed by atoms with E-state index in [-0.39, 0.29) is 6.04 Å². The van der Waals surface area contributed by atoms with Gasteiger partial charge in [-0.1, -0.05) is 11.6 Å². The average molecular weight is 373 g/mol. The molecule has 0 aliphatic carbocycles. The summed E-state index contributed by atoms with van der Waals surface area (Å²) in [6.45, 7) is 0.870. The molecule has 6 heteroatoms. The van der Waals surface area contributed by atoms with Gasteiger partial charge >= 0.3 is 0 Å². The van der Waals surface area contributed by atoms with Crippen LogP contribution in [0.5, 0.6) is 17.2 Å². The maximum absolute atomic E-state index is 6.21. The van der Waals surface area contributed by atoms with E-state index in [4.69, 9.17) is 25.8 Å². The summed E-state index contributed by atoms with van der Waals surface area (Å²) in [6.07, 6.45) is 0.946. The molecule has 1 atom stereocenters. The van der Waals surface area contributed by atoms with E-state index in [1.807, 2.05) is 30.3 Å². The molecule has 0 radical (unpaired) electrons. The number of rotatable bonds is 4. The molecule has 26 heavy (non-hydrogen) atoms. The van der Waals surface area contributed by atoms with E-state index in [1.165, 1.54) is 10.9 Å². The summed E-state index contributed by atoms with van der Waals surface area (Å²) in [7, 11) is 4.92. The van der Waals surface area contributed by atoms with Crippen molar-refractivity contribution in [3.05, 3.63) is 52.2 Å². The van der Waals surface area contributed by atoms with Crippen molar-refractivity contribution in [1.82, 2.24) is 10.3 Å². The summed E-state index contributed by atoms with van der Waals surface area (Å²) in [5, 5.41) is 5.52. The second-order valence-corrected chi connectivity index (χ2v) is 6.73. The molecule has 2 aromatic carbocycles. The topological polar surface area (TPSA) is 55.5 Å². The van der Waals surface area contributed by atoms with Crippen LogP contribution in [0, 0.1) is 0 Å². The van der Waals surface area contributed by atoms with Crippen LogP contribution in [0.15, 0.2) is 30.3 Å². The van der Waals surface area contributed by atoms with Gasteiger partial charge in [-0.05, 0) is 36.2 Å². The first-order chi connectivity index (χ1) is 12.7.